The highest BCUT2D eigenvalue weighted by atomic mass is 16.5. The lowest BCUT2D eigenvalue weighted by atomic mass is 9.99. The van der Waals surface area contributed by atoms with Crippen LogP contribution in [0.5, 0.6) is 11.5 Å². The second-order valence-corrected chi connectivity index (χ2v) is 9.33. The monoisotopic (exact) mass is 505 g/mol. The summed E-state index contributed by atoms with van der Waals surface area (Å²) in [6.07, 6.45) is 3.33. The molecule has 4 aromatic carbocycles. The fraction of sp³-hybridized carbons (Fsp3) is 0.188. The summed E-state index contributed by atoms with van der Waals surface area (Å²) >= 11 is 0. The maximum absolute atomic E-state index is 12.0. The van der Waals surface area contributed by atoms with Gasteiger partial charge < -0.3 is 20.5 Å². The summed E-state index contributed by atoms with van der Waals surface area (Å²) in [5.74, 6) is 0.949. The third kappa shape index (κ3) is 5.45. The van der Waals surface area contributed by atoms with Gasteiger partial charge in [0.2, 0.25) is 5.91 Å². The van der Waals surface area contributed by atoms with Crippen LogP contribution in [-0.2, 0) is 6.42 Å². The van der Waals surface area contributed by atoms with Crippen LogP contribution in [0.15, 0.2) is 91.1 Å². The standard InChI is InChI=1S/C32H31N3O3/c1-34-25(18-21-7-8-22-5-3-4-6-23(22)17-21)14-16-38-31-20-26(37-2)10-11-27(31)24-9-12-30-29(19-24)28(32(33)36)13-15-35-30/h3-13,15,17,19-20,25,34H,14,16,18H2,1-2H3,(H2,33,36). The Hall–Kier alpha value is -4.42. The molecule has 3 N–H and O–H groups in total. The van der Waals surface area contributed by atoms with Crippen LogP contribution in [0.3, 0.4) is 0 Å². The Bertz CT molecular complexity index is 1600. The first kappa shape index (κ1) is 25.2. The van der Waals surface area contributed by atoms with Gasteiger partial charge in [-0.3, -0.25) is 9.78 Å². The van der Waals surface area contributed by atoms with E-state index in [2.05, 4.69) is 52.8 Å². The highest BCUT2D eigenvalue weighted by molar-refractivity contribution is 6.06. The molecule has 5 aromatic rings. The van der Waals surface area contributed by atoms with Crippen molar-refractivity contribution in [2.45, 2.75) is 18.9 Å². The molecule has 1 unspecified atom stereocenters. The van der Waals surface area contributed by atoms with Gasteiger partial charge in [-0.25, -0.2) is 0 Å². The number of hydrogen-bond donors (Lipinski definition) is 2. The lowest BCUT2D eigenvalue weighted by molar-refractivity contribution is 0.100. The van der Waals surface area contributed by atoms with Crippen molar-refractivity contribution in [2.75, 3.05) is 20.8 Å². The molecule has 0 spiro atoms. The molecule has 6 nitrogen and oxygen atoms in total. The minimum absolute atomic E-state index is 0.259. The molecule has 0 saturated heterocycles. The summed E-state index contributed by atoms with van der Waals surface area (Å²) < 4.78 is 11.8. The predicted molar refractivity (Wildman–Crippen MR) is 153 cm³/mol. The Kier molecular flexibility index (Phi) is 7.52. The second kappa shape index (κ2) is 11.3. The quantitative estimate of drug-likeness (QED) is 0.252. The summed E-state index contributed by atoms with van der Waals surface area (Å²) in [6.45, 7) is 0.529. The number of nitrogens with one attached hydrogen (secondary N) is 1. The molecule has 0 radical (unpaired) electrons. The van der Waals surface area contributed by atoms with Gasteiger partial charge in [0.15, 0.2) is 0 Å². The van der Waals surface area contributed by atoms with Gasteiger partial charge in [0.1, 0.15) is 11.5 Å². The van der Waals surface area contributed by atoms with E-state index in [1.165, 1.54) is 16.3 Å². The second-order valence-electron chi connectivity index (χ2n) is 9.33. The molecule has 1 atom stereocenters. The number of aromatic nitrogens is 1. The van der Waals surface area contributed by atoms with Gasteiger partial charge >= 0.3 is 0 Å². The number of nitrogens with two attached hydrogens (primary N) is 1. The first-order valence-electron chi connectivity index (χ1n) is 12.7. The summed E-state index contributed by atoms with van der Waals surface area (Å²) in [7, 11) is 3.63. The first-order valence-corrected chi connectivity index (χ1v) is 12.7. The maximum atomic E-state index is 12.0. The Balaban J connectivity index is 1.35. The number of carbonyl (C=O) groups is 1. The summed E-state index contributed by atoms with van der Waals surface area (Å²) in [4.78, 5) is 16.4. The van der Waals surface area contributed by atoms with Crippen molar-refractivity contribution in [1.29, 1.82) is 0 Å². The predicted octanol–water partition coefficient (Wildman–Crippen LogP) is 5.76. The number of nitrogens with zero attached hydrogens (tertiary/aromatic N) is 1. The van der Waals surface area contributed by atoms with Crippen LogP contribution in [0.4, 0.5) is 0 Å². The van der Waals surface area contributed by atoms with E-state index in [-0.39, 0.29) is 6.04 Å². The van der Waals surface area contributed by atoms with Gasteiger partial charge in [-0.2, -0.15) is 0 Å². The van der Waals surface area contributed by atoms with Crippen molar-refractivity contribution in [2.24, 2.45) is 5.73 Å². The zero-order valence-electron chi connectivity index (χ0n) is 21.6. The van der Waals surface area contributed by atoms with E-state index in [9.17, 15) is 4.79 Å². The van der Waals surface area contributed by atoms with E-state index in [4.69, 9.17) is 15.2 Å². The average molecular weight is 506 g/mol. The van der Waals surface area contributed by atoms with Crippen molar-refractivity contribution in [3.05, 3.63) is 102 Å². The first-order chi connectivity index (χ1) is 18.6. The van der Waals surface area contributed by atoms with E-state index in [0.29, 0.717) is 34.6 Å². The van der Waals surface area contributed by atoms with Gasteiger partial charge in [-0.05, 0) is 72.1 Å². The molecule has 1 amide bonds. The Morgan fingerprint density at radius 2 is 1.82 bits per heavy atom. The van der Waals surface area contributed by atoms with E-state index >= 15 is 0 Å². The molecule has 1 heterocycles. The molecule has 6 heteroatoms. The van der Waals surface area contributed by atoms with E-state index in [1.54, 1.807) is 19.4 Å². The van der Waals surface area contributed by atoms with Crippen LogP contribution in [0.1, 0.15) is 22.3 Å². The zero-order chi connectivity index (χ0) is 26.5. The Labute approximate surface area is 222 Å². The number of primary amides is 1. The van der Waals surface area contributed by atoms with Crippen molar-refractivity contribution in [1.82, 2.24) is 10.3 Å². The number of carbonyl (C=O) groups excluding carboxylic acids is 1. The van der Waals surface area contributed by atoms with E-state index in [0.717, 1.165) is 24.0 Å². The number of amides is 1. The number of fused-ring (bicyclic) bond motifs is 2. The van der Waals surface area contributed by atoms with Crippen molar-refractivity contribution < 1.29 is 14.3 Å². The molecule has 5 rings (SSSR count). The minimum atomic E-state index is -0.481. The van der Waals surface area contributed by atoms with Crippen LogP contribution in [0, 0.1) is 0 Å². The topological polar surface area (TPSA) is 86.5 Å². The van der Waals surface area contributed by atoms with E-state index in [1.807, 2.05) is 43.4 Å². The fourth-order valence-electron chi connectivity index (χ4n) is 4.83. The normalized spacial score (nSPS) is 11.9. The van der Waals surface area contributed by atoms with Crippen LogP contribution in [-0.4, -0.2) is 37.7 Å². The molecule has 0 fully saturated rings. The highest BCUT2D eigenvalue weighted by Crippen LogP contribution is 2.35. The molecule has 38 heavy (non-hydrogen) atoms. The number of hydrogen-bond acceptors (Lipinski definition) is 5. The smallest absolute Gasteiger partial charge is 0.249 e. The van der Waals surface area contributed by atoms with E-state index < -0.39 is 5.91 Å². The molecule has 0 bridgehead atoms. The lowest BCUT2D eigenvalue weighted by Crippen LogP contribution is -2.29. The van der Waals surface area contributed by atoms with Gasteiger partial charge in [0.05, 0.1) is 24.8 Å². The number of rotatable bonds is 10. The summed E-state index contributed by atoms with van der Waals surface area (Å²) in [5.41, 5.74) is 9.88. The number of benzene rings is 4. The molecular formula is C32H31N3O3. The number of pyridine rings is 1. The third-order valence-electron chi connectivity index (χ3n) is 6.93. The third-order valence-corrected chi connectivity index (χ3v) is 6.93. The average Bonchev–Trinajstić information content (AvgIpc) is 2.95. The SMILES string of the molecule is CNC(CCOc1cc(OC)ccc1-c1ccc2nccc(C(N)=O)c2c1)Cc1ccc2ccccc2c1. The molecular weight excluding hydrogens is 474 g/mol. The maximum Gasteiger partial charge on any atom is 0.249 e. The Morgan fingerprint density at radius 1 is 0.974 bits per heavy atom. The molecule has 0 aliphatic heterocycles. The number of methoxy groups -OCH3 is 1. The largest absolute Gasteiger partial charge is 0.497 e. The lowest BCUT2D eigenvalue weighted by Gasteiger charge is -2.19. The molecule has 192 valence electrons. The zero-order valence-corrected chi connectivity index (χ0v) is 21.6. The van der Waals surface area contributed by atoms with Crippen molar-refractivity contribution in [3.63, 3.8) is 0 Å². The molecule has 0 aliphatic carbocycles. The van der Waals surface area contributed by atoms with Crippen molar-refractivity contribution >= 4 is 27.6 Å². The highest BCUT2D eigenvalue weighted by Gasteiger charge is 2.14. The van der Waals surface area contributed by atoms with Crippen LogP contribution >= 0.6 is 0 Å². The molecule has 1 aromatic heterocycles. The van der Waals surface area contributed by atoms with Crippen LogP contribution in [0.2, 0.25) is 0 Å². The van der Waals surface area contributed by atoms with Gasteiger partial charge in [-0.1, -0.05) is 48.5 Å². The number of likely N-dealkylation sites (N-methyl/N-ethyl adjacent to an activating group) is 1. The summed E-state index contributed by atoms with van der Waals surface area (Å²) in [6, 6.07) is 28.5. The van der Waals surface area contributed by atoms with Gasteiger partial charge in [0, 0.05) is 29.3 Å². The van der Waals surface area contributed by atoms with Crippen molar-refractivity contribution in [3.8, 4) is 22.6 Å². The minimum Gasteiger partial charge on any atom is -0.497 e. The van der Waals surface area contributed by atoms with Gasteiger partial charge in [0.25, 0.3) is 0 Å². The molecule has 0 aliphatic rings. The number of ether oxygens (including phenoxy) is 2. The van der Waals surface area contributed by atoms with Crippen LogP contribution < -0.4 is 20.5 Å². The van der Waals surface area contributed by atoms with Crippen LogP contribution in [0.25, 0.3) is 32.8 Å². The Morgan fingerprint density at radius 3 is 2.61 bits per heavy atom. The molecule has 0 saturated carbocycles. The van der Waals surface area contributed by atoms with Gasteiger partial charge in [-0.15, -0.1) is 0 Å². The fourth-order valence-corrected chi connectivity index (χ4v) is 4.83. The summed E-state index contributed by atoms with van der Waals surface area (Å²) in [5, 5.41) is 6.65.